The molecule has 4 unspecified atom stereocenters. The molecule has 0 aromatic rings. The Hall–Kier alpha value is -1.94. The van der Waals surface area contributed by atoms with Gasteiger partial charge >= 0.3 is 39.5 Å². The third kappa shape index (κ3) is 69.8. The van der Waals surface area contributed by atoms with Crippen molar-refractivity contribution in [3.05, 3.63) is 0 Å². The molecule has 0 saturated heterocycles. The quantitative estimate of drug-likeness (QED) is 0.0222. The van der Waals surface area contributed by atoms with Crippen LogP contribution in [0.15, 0.2) is 0 Å². The topological polar surface area (TPSA) is 237 Å². The Morgan fingerprint density at radius 3 is 0.724 bits per heavy atom. The zero-order valence-electron chi connectivity index (χ0n) is 64.1. The summed E-state index contributed by atoms with van der Waals surface area (Å²) < 4.78 is 68.7. The standard InChI is InChI=1S/C79H154O17P2/c1-7-11-13-15-17-19-21-23-25-26-27-28-29-30-32-34-36-45-51-57-63-78(83)95-74(67-89-76(81)61-55-49-43-35-33-31-24-22-20-18-16-14-12-8-2)69-93-97(85,86)91-65-73(80)66-92-98(87,88)94-70-75(96-79(84)64-58-52-46-40-38-42-48-54-60-72(6)10-4)68-90-77(82)62-56-50-44-39-37-41-47-53-59-71(5)9-3/h71-75,80H,7-70H2,1-6H3,(H,85,86)(H,87,88)/t71?,72?,73-,74-,75-/m1/s1. The number of esters is 4. The van der Waals surface area contributed by atoms with Crippen LogP contribution in [0, 0.1) is 11.8 Å². The van der Waals surface area contributed by atoms with Gasteiger partial charge in [-0.15, -0.1) is 0 Å². The largest absolute Gasteiger partial charge is 0.472 e. The smallest absolute Gasteiger partial charge is 0.462 e. The normalized spacial score (nSPS) is 14.5. The van der Waals surface area contributed by atoms with Gasteiger partial charge in [0.2, 0.25) is 0 Å². The molecule has 0 fully saturated rings. The van der Waals surface area contributed by atoms with Gasteiger partial charge in [0.25, 0.3) is 0 Å². The lowest BCUT2D eigenvalue weighted by molar-refractivity contribution is -0.161. The van der Waals surface area contributed by atoms with Gasteiger partial charge in [-0.05, 0) is 37.5 Å². The van der Waals surface area contributed by atoms with Gasteiger partial charge in [-0.2, -0.15) is 0 Å². The number of hydrogen-bond acceptors (Lipinski definition) is 15. The number of phosphoric ester groups is 2. The summed E-state index contributed by atoms with van der Waals surface area (Å²) in [5, 5.41) is 10.6. The molecule has 0 radical (unpaired) electrons. The van der Waals surface area contributed by atoms with E-state index < -0.39 is 97.5 Å². The Morgan fingerprint density at radius 2 is 0.490 bits per heavy atom. The first-order valence-corrected chi connectivity index (χ1v) is 44.1. The highest BCUT2D eigenvalue weighted by molar-refractivity contribution is 7.47. The third-order valence-corrected chi connectivity index (χ3v) is 21.1. The van der Waals surface area contributed by atoms with Crippen LogP contribution in [0.4, 0.5) is 0 Å². The van der Waals surface area contributed by atoms with E-state index in [0.717, 1.165) is 102 Å². The lowest BCUT2D eigenvalue weighted by Gasteiger charge is -2.21. The second kappa shape index (κ2) is 70.7. The van der Waals surface area contributed by atoms with Gasteiger partial charge in [-0.3, -0.25) is 37.3 Å². The highest BCUT2D eigenvalue weighted by Crippen LogP contribution is 2.45. The maximum atomic E-state index is 13.1. The molecule has 7 atom stereocenters. The fourth-order valence-electron chi connectivity index (χ4n) is 12.1. The van der Waals surface area contributed by atoms with Gasteiger partial charge < -0.3 is 33.8 Å². The lowest BCUT2D eigenvalue weighted by atomic mass is 9.99. The fraction of sp³-hybridized carbons (Fsp3) is 0.949. The number of aliphatic hydroxyl groups is 1. The number of ether oxygens (including phenoxy) is 4. The number of phosphoric acid groups is 2. The van der Waals surface area contributed by atoms with Crippen LogP contribution >= 0.6 is 15.6 Å². The van der Waals surface area contributed by atoms with Crippen molar-refractivity contribution in [2.75, 3.05) is 39.6 Å². The van der Waals surface area contributed by atoms with E-state index in [1.54, 1.807) is 0 Å². The van der Waals surface area contributed by atoms with Crippen LogP contribution in [0.3, 0.4) is 0 Å². The number of aliphatic hydroxyl groups excluding tert-OH is 1. The van der Waals surface area contributed by atoms with Crippen LogP contribution < -0.4 is 0 Å². The summed E-state index contributed by atoms with van der Waals surface area (Å²) in [7, 11) is -9.92. The van der Waals surface area contributed by atoms with Crippen molar-refractivity contribution in [2.45, 2.75) is 432 Å². The van der Waals surface area contributed by atoms with E-state index in [4.69, 9.17) is 37.0 Å². The van der Waals surface area contributed by atoms with Gasteiger partial charge in [0.05, 0.1) is 26.4 Å². The summed E-state index contributed by atoms with van der Waals surface area (Å²) in [5.41, 5.74) is 0. The molecule has 0 aliphatic rings. The van der Waals surface area contributed by atoms with E-state index in [0.29, 0.717) is 25.7 Å². The molecule has 0 aromatic heterocycles. The minimum Gasteiger partial charge on any atom is -0.462 e. The van der Waals surface area contributed by atoms with Crippen LogP contribution in [0.25, 0.3) is 0 Å². The van der Waals surface area contributed by atoms with Crippen molar-refractivity contribution >= 4 is 39.5 Å². The molecule has 0 rings (SSSR count). The molecule has 0 spiro atoms. The van der Waals surface area contributed by atoms with E-state index in [-0.39, 0.29) is 25.7 Å². The van der Waals surface area contributed by atoms with E-state index in [1.807, 2.05) is 0 Å². The first-order chi connectivity index (χ1) is 47.4. The molecular formula is C79H154O17P2. The molecule has 19 heteroatoms. The summed E-state index contributed by atoms with van der Waals surface area (Å²) in [5.74, 6) is -0.566. The van der Waals surface area contributed by atoms with Crippen molar-refractivity contribution in [1.29, 1.82) is 0 Å². The van der Waals surface area contributed by atoms with Crippen molar-refractivity contribution in [1.82, 2.24) is 0 Å². The maximum absolute atomic E-state index is 13.1. The second-order valence-electron chi connectivity index (χ2n) is 28.9. The molecule has 582 valence electrons. The molecule has 0 bridgehead atoms. The predicted octanol–water partition coefficient (Wildman–Crippen LogP) is 23.5. The SMILES string of the molecule is CCCCCCCCCCCCCCCCCCCCCCC(=O)O[C@H](COC(=O)CCCCCCCCCCCCCCCC)COP(=O)(O)OC[C@@H](O)COP(=O)(O)OC[C@@H](COC(=O)CCCCCCCCCCC(C)CC)OC(=O)CCCCCCCCCCC(C)CC. The van der Waals surface area contributed by atoms with Crippen molar-refractivity contribution in [2.24, 2.45) is 11.8 Å². The van der Waals surface area contributed by atoms with Crippen molar-refractivity contribution in [3.63, 3.8) is 0 Å². The Kier molecular flexibility index (Phi) is 69.3. The van der Waals surface area contributed by atoms with Crippen molar-refractivity contribution < 1.29 is 80.2 Å². The molecule has 3 N–H and O–H groups in total. The minimum absolute atomic E-state index is 0.105. The minimum atomic E-state index is -4.96. The molecule has 0 amide bonds. The van der Waals surface area contributed by atoms with Gasteiger partial charge in [0, 0.05) is 25.7 Å². The summed E-state index contributed by atoms with van der Waals surface area (Å²) in [6.07, 6.45) is 59.6. The Morgan fingerprint density at radius 1 is 0.286 bits per heavy atom. The molecule has 0 aliphatic heterocycles. The zero-order valence-corrected chi connectivity index (χ0v) is 65.9. The van der Waals surface area contributed by atoms with Gasteiger partial charge in [-0.25, -0.2) is 9.13 Å². The fourth-order valence-corrected chi connectivity index (χ4v) is 13.7. The van der Waals surface area contributed by atoms with Crippen molar-refractivity contribution in [3.8, 4) is 0 Å². The average molecular weight is 1440 g/mol. The molecule has 0 aromatic carbocycles. The molecule has 98 heavy (non-hydrogen) atoms. The third-order valence-electron chi connectivity index (χ3n) is 19.2. The molecule has 0 aliphatic carbocycles. The van der Waals surface area contributed by atoms with Crippen LogP contribution in [-0.2, 0) is 65.4 Å². The first-order valence-electron chi connectivity index (χ1n) is 41.1. The summed E-state index contributed by atoms with van der Waals surface area (Å²) in [4.78, 5) is 73.0. The maximum Gasteiger partial charge on any atom is 0.472 e. The summed E-state index contributed by atoms with van der Waals surface area (Å²) in [6, 6.07) is 0. The van der Waals surface area contributed by atoms with Gasteiger partial charge in [-0.1, -0.05) is 363 Å². The summed E-state index contributed by atoms with van der Waals surface area (Å²) in [6.45, 7) is 9.62. The highest BCUT2D eigenvalue weighted by atomic mass is 31.2. The highest BCUT2D eigenvalue weighted by Gasteiger charge is 2.30. The van der Waals surface area contributed by atoms with E-state index in [1.165, 1.54) is 231 Å². The van der Waals surface area contributed by atoms with Gasteiger partial charge in [0.1, 0.15) is 19.3 Å². The molecular weight excluding hydrogens is 1280 g/mol. The van der Waals surface area contributed by atoms with E-state index >= 15 is 0 Å². The predicted molar refractivity (Wildman–Crippen MR) is 400 cm³/mol. The van der Waals surface area contributed by atoms with E-state index in [9.17, 15) is 43.2 Å². The molecule has 0 heterocycles. The lowest BCUT2D eigenvalue weighted by Crippen LogP contribution is -2.30. The van der Waals surface area contributed by atoms with Crippen LogP contribution in [-0.4, -0.2) is 96.7 Å². The number of rotatable bonds is 78. The monoisotopic (exact) mass is 1440 g/mol. The first kappa shape index (κ1) is 96.1. The Balaban J connectivity index is 5.24. The van der Waals surface area contributed by atoms with Crippen LogP contribution in [0.5, 0.6) is 0 Å². The second-order valence-corrected chi connectivity index (χ2v) is 31.8. The van der Waals surface area contributed by atoms with Crippen LogP contribution in [0.1, 0.15) is 414 Å². The summed E-state index contributed by atoms with van der Waals surface area (Å²) >= 11 is 0. The number of carbonyl (C=O) groups is 4. The van der Waals surface area contributed by atoms with Crippen LogP contribution in [0.2, 0.25) is 0 Å². The number of unbranched alkanes of at least 4 members (excludes halogenated alkanes) is 46. The molecule has 0 saturated carbocycles. The zero-order chi connectivity index (χ0) is 72.1. The van der Waals surface area contributed by atoms with E-state index in [2.05, 4.69) is 41.5 Å². The Bertz CT molecular complexity index is 1890. The number of hydrogen-bond donors (Lipinski definition) is 3. The van der Waals surface area contributed by atoms with Gasteiger partial charge in [0.15, 0.2) is 12.2 Å². The number of carbonyl (C=O) groups excluding carboxylic acids is 4. The molecule has 17 nitrogen and oxygen atoms in total. The Labute approximate surface area is 600 Å². The average Bonchev–Trinajstić information content (AvgIpc) is 1.47.